The zero-order valence-electron chi connectivity index (χ0n) is 16.8. The van der Waals surface area contributed by atoms with Gasteiger partial charge in [0.1, 0.15) is 5.82 Å². The van der Waals surface area contributed by atoms with Gasteiger partial charge in [-0.15, -0.1) is 0 Å². The van der Waals surface area contributed by atoms with Gasteiger partial charge in [0.25, 0.3) is 5.91 Å². The number of carbonyl (C=O) groups is 1. The Morgan fingerprint density at radius 1 is 1.07 bits per heavy atom. The molecule has 0 aliphatic carbocycles. The normalized spacial score (nSPS) is 22.2. The minimum Gasteiger partial charge on any atom is -0.334 e. The molecule has 1 aromatic carbocycles. The molecular weight excluding hydrogens is 348 g/mol. The lowest BCUT2D eigenvalue weighted by molar-refractivity contribution is 0.0584. The molecule has 0 N–H and O–H groups in total. The summed E-state index contributed by atoms with van der Waals surface area (Å²) in [5.41, 5.74) is 2.04. The summed E-state index contributed by atoms with van der Waals surface area (Å²) in [7, 11) is 0. The number of fused-ring (bicyclic) bond motifs is 4. The van der Waals surface area contributed by atoms with E-state index in [9.17, 15) is 4.79 Å². The Morgan fingerprint density at radius 3 is 2.61 bits per heavy atom. The lowest BCUT2D eigenvalue weighted by atomic mass is 9.94. The predicted molar refractivity (Wildman–Crippen MR) is 110 cm³/mol. The van der Waals surface area contributed by atoms with E-state index in [1.54, 1.807) is 12.4 Å². The molecule has 3 aliphatic rings. The third kappa shape index (κ3) is 4.41. The second-order valence-electron chi connectivity index (χ2n) is 8.14. The third-order valence-corrected chi connectivity index (χ3v) is 6.10. The van der Waals surface area contributed by atoms with Crippen LogP contribution in [0.4, 0.5) is 0 Å². The molecular formula is C23H30N4O. The second-order valence-corrected chi connectivity index (χ2v) is 8.14. The Kier molecular flexibility index (Phi) is 6.01. The number of hydrogen-bond donors (Lipinski definition) is 0. The number of rotatable bonds is 6. The minimum absolute atomic E-state index is 0.100. The maximum absolute atomic E-state index is 13.1. The molecule has 2 aromatic rings. The van der Waals surface area contributed by atoms with Crippen LogP contribution in [-0.2, 0) is 12.8 Å². The van der Waals surface area contributed by atoms with Crippen LogP contribution < -0.4 is 0 Å². The quantitative estimate of drug-likeness (QED) is 0.774. The number of amides is 1. The van der Waals surface area contributed by atoms with E-state index < -0.39 is 0 Å². The number of piperidine rings is 1. The maximum atomic E-state index is 13.1. The van der Waals surface area contributed by atoms with Crippen molar-refractivity contribution < 1.29 is 4.79 Å². The van der Waals surface area contributed by atoms with E-state index in [1.165, 1.54) is 18.4 Å². The van der Waals surface area contributed by atoms with Crippen LogP contribution in [0.5, 0.6) is 0 Å². The monoisotopic (exact) mass is 378 g/mol. The molecule has 0 unspecified atom stereocenters. The molecule has 5 rings (SSSR count). The van der Waals surface area contributed by atoms with Crippen molar-refractivity contribution >= 4 is 5.91 Å². The molecule has 5 heteroatoms. The van der Waals surface area contributed by atoms with E-state index in [4.69, 9.17) is 0 Å². The Labute approximate surface area is 167 Å². The van der Waals surface area contributed by atoms with Crippen molar-refractivity contribution in [2.45, 2.75) is 45.1 Å². The van der Waals surface area contributed by atoms with Crippen LogP contribution in [0.15, 0.2) is 42.7 Å². The van der Waals surface area contributed by atoms with E-state index in [2.05, 4.69) is 50.1 Å². The van der Waals surface area contributed by atoms with E-state index >= 15 is 0 Å². The van der Waals surface area contributed by atoms with E-state index in [-0.39, 0.29) is 5.91 Å². The largest absolute Gasteiger partial charge is 0.334 e. The van der Waals surface area contributed by atoms with Crippen molar-refractivity contribution in [2.75, 3.05) is 26.2 Å². The molecule has 1 aromatic heterocycles. The van der Waals surface area contributed by atoms with Gasteiger partial charge in [-0.05, 0) is 43.7 Å². The maximum Gasteiger partial charge on any atom is 0.257 e. The summed E-state index contributed by atoms with van der Waals surface area (Å²) in [6.45, 7) is 6.11. The molecule has 0 saturated carbocycles. The molecule has 1 amide bonds. The van der Waals surface area contributed by atoms with Gasteiger partial charge in [0, 0.05) is 44.5 Å². The standard InChI is InChI=1S/C23H30N4O/c1-2-22-24-13-20(14-25-22)23(28)27-16-19-10-11-21(27)17-26(15-19)12-6-9-18-7-4-3-5-8-18/h3-5,7-8,13-14,19,21H,2,6,9-12,15-17H2,1H3/t19-,21+/m0/s1. The van der Waals surface area contributed by atoms with Crippen molar-refractivity contribution in [3.8, 4) is 0 Å². The van der Waals surface area contributed by atoms with Gasteiger partial charge in [-0.2, -0.15) is 0 Å². The van der Waals surface area contributed by atoms with Gasteiger partial charge in [0.05, 0.1) is 5.56 Å². The number of hydrogen-bond acceptors (Lipinski definition) is 4. The van der Waals surface area contributed by atoms with Gasteiger partial charge in [0.15, 0.2) is 0 Å². The Hall–Kier alpha value is -2.27. The summed E-state index contributed by atoms with van der Waals surface area (Å²) in [6.07, 6.45) is 8.82. The highest BCUT2D eigenvalue weighted by molar-refractivity contribution is 5.94. The molecule has 2 bridgehead atoms. The summed E-state index contributed by atoms with van der Waals surface area (Å²) < 4.78 is 0. The first-order valence-corrected chi connectivity index (χ1v) is 10.6. The summed E-state index contributed by atoms with van der Waals surface area (Å²) in [5, 5.41) is 0. The van der Waals surface area contributed by atoms with Gasteiger partial charge in [-0.3, -0.25) is 4.79 Å². The molecule has 0 radical (unpaired) electrons. The number of benzene rings is 1. The highest BCUT2D eigenvalue weighted by atomic mass is 16.2. The lowest BCUT2D eigenvalue weighted by Gasteiger charge is -2.36. The Morgan fingerprint density at radius 2 is 1.86 bits per heavy atom. The van der Waals surface area contributed by atoms with Crippen LogP contribution in [0.1, 0.15) is 47.9 Å². The first-order valence-electron chi connectivity index (χ1n) is 10.6. The predicted octanol–water partition coefficient (Wildman–Crippen LogP) is 3.21. The summed E-state index contributed by atoms with van der Waals surface area (Å²) >= 11 is 0. The third-order valence-electron chi connectivity index (χ3n) is 6.10. The fourth-order valence-electron chi connectivity index (χ4n) is 4.58. The van der Waals surface area contributed by atoms with Crippen molar-refractivity contribution in [1.82, 2.24) is 19.8 Å². The number of aromatic nitrogens is 2. The molecule has 5 nitrogen and oxygen atoms in total. The molecule has 3 saturated heterocycles. The van der Waals surface area contributed by atoms with Crippen LogP contribution in [-0.4, -0.2) is 57.9 Å². The number of carbonyl (C=O) groups excluding carboxylic acids is 1. The van der Waals surface area contributed by atoms with Crippen molar-refractivity contribution in [2.24, 2.45) is 5.92 Å². The SMILES string of the molecule is CCc1ncc(C(=O)N2C[C@H]3CC[C@@H]2CN(CCCc2ccccc2)C3)cn1. The summed E-state index contributed by atoms with van der Waals surface area (Å²) in [4.78, 5) is 26.4. The first-order chi connectivity index (χ1) is 13.7. The van der Waals surface area contributed by atoms with Gasteiger partial charge >= 0.3 is 0 Å². The number of nitrogens with zero attached hydrogens (tertiary/aromatic N) is 4. The first kappa shape index (κ1) is 19.1. The molecule has 4 heterocycles. The number of aryl methyl sites for hydroxylation is 2. The molecule has 3 aliphatic heterocycles. The second kappa shape index (κ2) is 8.82. The van der Waals surface area contributed by atoms with Gasteiger partial charge < -0.3 is 9.80 Å². The Bertz CT molecular complexity index is 777. The van der Waals surface area contributed by atoms with Gasteiger partial charge in [-0.25, -0.2) is 9.97 Å². The fourth-order valence-corrected chi connectivity index (χ4v) is 4.58. The van der Waals surface area contributed by atoms with E-state index in [1.807, 2.05) is 6.92 Å². The molecule has 2 atom stereocenters. The molecule has 0 spiro atoms. The van der Waals surface area contributed by atoms with Crippen molar-refractivity contribution in [3.63, 3.8) is 0 Å². The smallest absolute Gasteiger partial charge is 0.257 e. The zero-order valence-corrected chi connectivity index (χ0v) is 16.8. The minimum atomic E-state index is 0.100. The van der Waals surface area contributed by atoms with Crippen LogP contribution in [0.2, 0.25) is 0 Å². The fraction of sp³-hybridized carbons (Fsp3) is 0.522. The van der Waals surface area contributed by atoms with Crippen LogP contribution in [0.3, 0.4) is 0 Å². The molecule has 28 heavy (non-hydrogen) atoms. The molecule has 148 valence electrons. The van der Waals surface area contributed by atoms with Crippen LogP contribution in [0.25, 0.3) is 0 Å². The highest BCUT2D eigenvalue weighted by Gasteiger charge is 2.37. The topological polar surface area (TPSA) is 49.3 Å². The van der Waals surface area contributed by atoms with Gasteiger partial charge in [0.2, 0.25) is 0 Å². The van der Waals surface area contributed by atoms with Crippen molar-refractivity contribution in [1.29, 1.82) is 0 Å². The average molecular weight is 379 g/mol. The summed E-state index contributed by atoms with van der Waals surface area (Å²) in [5.74, 6) is 1.47. The lowest BCUT2D eigenvalue weighted by Crippen LogP contribution is -2.47. The van der Waals surface area contributed by atoms with Gasteiger partial charge in [-0.1, -0.05) is 37.3 Å². The highest BCUT2D eigenvalue weighted by Crippen LogP contribution is 2.29. The Balaban J connectivity index is 1.36. The van der Waals surface area contributed by atoms with E-state index in [0.29, 0.717) is 17.5 Å². The van der Waals surface area contributed by atoms with E-state index in [0.717, 1.165) is 51.3 Å². The summed E-state index contributed by atoms with van der Waals surface area (Å²) in [6, 6.07) is 11.0. The zero-order chi connectivity index (χ0) is 19.3. The van der Waals surface area contributed by atoms with Crippen LogP contribution >= 0.6 is 0 Å². The average Bonchev–Trinajstić information content (AvgIpc) is 3.05. The van der Waals surface area contributed by atoms with Crippen LogP contribution in [0, 0.1) is 5.92 Å². The molecule has 3 fully saturated rings. The van der Waals surface area contributed by atoms with Crippen molar-refractivity contribution in [3.05, 3.63) is 59.7 Å².